The number of carbonyl (C=O) groups excluding carboxylic acids is 1. The number of hydrogen-bond acceptors (Lipinski definition) is 8. The summed E-state index contributed by atoms with van der Waals surface area (Å²) in [7, 11) is -3.72. The smallest absolute Gasteiger partial charge is 0.243 e. The fourth-order valence-corrected chi connectivity index (χ4v) is 5.60. The van der Waals surface area contributed by atoms with Crippen LogP contribution in [0.15, 0.2) is 51.9 Å². The summed E-state index contributed by atoms with van der Waals surface area (Å²) in [5.41, 5.74) is 1.18. The van der Waals surface area contributed by atoms with Crippen LogP contribution in [-0.2, 0) is 14.8 Å². The zero-order chi connectivity index (χ0) is 23.7. The summed E-state index contributed by atoms with van der Waals surface area (Å²) in [6.07, 6.45) is 0.860. The Bertz CT molecular complexity index is 1310. The minimum atomic E-state index is -3.72. The van der Waals surface area contributed by atoms with Crippen LogP contribution in [0.5, 0.6) is 11.5 Å². The number of hydrogen-bond donors (Lipinski definition) is 1. The molecule has 0 bridgehead atoms. The summed E-state index contributed by atoms with van der Waals surface area (Å²) in [6, 6.07) is 11.8. The first kappa shape index (κ1) is 22.4. The molecule has 2 aliphatic heterocycles. The van der Waals surface area contributed by atoms with Gasteiger partial charge in [-0.3, -0.25) is 4.79 Å². The molecule has 2 aromatic carbocycles. The van der Waals surface area contributed by atoms with Crippen molar-refractivity contribution in [2.45, 2.75) is 24.7 Å². The molecular weight excluding hydrogens is 460 g/mol. The Morgan fingerprint density at radius 1 is 1.06 bits per heavy atom. The molecule has 1 fully saturated rings. The Kier molecular flexibility index (Phi) is 5.96. The highest BCUT2D eigenvalue weighted by Crippen LogP contribution is 2.33. The lowest BCUT2D eigenvalue weighted by molar-refractivity contribution is -0.120. The van der Waals surface area contributed by atoms with Gasteiger partial charge in [0.1, 0.15) is 13.2 Å². The third-order valence-corrected chi connectivity index (χ3v) is 7.79. The lowest BCUT2D eigenvalue weighted by Gasteiger charge is -2.30. The van der Waals surface area contributed by atoms with Crippen molar-refractivity contribution in [2.75, 3.05) is 31.6 Å². The quantitative estimate of drug-likeness (QED) is 0.586. The summed E-state index contributed by atoms with van der Waals surface area (Å²) in [4.78, 5) is 17.1. The van der Waals surface area contributed by atoms with E-state index in [1.807, 2.05) is 0 Å². The van der Waals surface area contributed by atoms with Crippen molar-refractivity contribution in [3.63, 3.8) is 0 Å². The number of anilines is 1. The zero-order valence-electron chi connectivity index (χ0n) is 18.6. The highest BCUT2D eigenvalue weighted by molar-refractivity contribution is 7.89. The molecule has 0 saturated carbocycles. The second-order valence-electron chi connectivity index (χ2n) is 8.19. The van der Waals surface area contributed by atoms with Crippen LogP contribution in [0, 0.1) is 12.8 Å². The second-order valence-corrected chi connectivity index (χ2v) is 10.1. The predicted octanol–water partition coefficient (Wildman–Crippen LogP) is 2.86. The molecule has 10 nitrogen and oxygen atoms in total. The molecule has 0 unspecified atom stereocenters. The van der Waals surface area contributed by atoms with Gasteiger partial charge in [0.25, 0.3) is 0 Å². The van der Waals surface area contributed by atoms with Gasteiger partial charge in [-0.2, -0.15) is 9.29 Å². The van der Waals surface area contributed by atoms with Crippen LogP contribution in [0.25, 0.3) is 11.4 Å². The van der Waals surface area contributed by atoms with Crippen LogP contribution in [-0.4, -0.2) is 55.1 Å². The fraction of sp³-hybridized carbons (Fsp3) is 0.348. The van der Waals surface area contributed by atoms with Crippen molar-refractivity contribution < 1.29 is 27.2 Å². The number of nitrogens with one attached hydrogen (secondary N) is 1. The molecular formula is C23H24N4O6S. The van der Waals surface area contributed by atoms with Gasteiger partial charge in [-0.1, -0.05) is 17.3 Å². The Labute approximate surface area is 196 Å². The predicted molar refractivity (Wildman–Crippen MR) is 122 cm³/mol. The molecule has 1 aromatic heterocycles. The van der Waals surface area contributed by atoms with Gasteiger partial charge < -0.3 is 19.3 Å². The maximum Gasteiger partial charge on any atom is 0.243 e. The molecule has 0 aliphatic carbocycles. The number of fused-ring (bicyclic) bond motifs is 1. The zero-order valence-corrected chi connectivity index (χ0v) is 19.4. The van der Waals surface area contributed by atoms with E-state index in [1.165, 1.54) is 4.31 Å². The van der Waals surface area contributed by atoms with Crippen LogP contribution in [0.1, 0.15) is 18.7 Å². The highest BCUT2D eigenvalue weighted by Gasteiger charge is 2.32. The van der Waals surface area contributed by atoms with Gasteiger partial charge in [0.2, 0.25) is 27.6 Å². The Morgan fingerprint density at radius 3 is 2.56 bits per heavy atom. The Hall–Kier alpha value is -3.44. The normalized spacial score (nSPS) is 16.9. The molecule has 178 valence electrons. The summed E-state index contributed by atoms with van der Waals surface area (Å²) in [5, 5.41) is 6.76. The lowest BCUT2D eigenvalue weighted by atomic mass is 9.97. The standard InChI is InChI=1S/C23H24N4O6S/c1-15-24-22(26-33-15)17-3-2-4-19(13-17)34(29,30)27-9-7-16(8-10-27)23(28)25-18-5-6-20-21(14-18)32-12-11-31-20/h2-6,13-14,16H,7-12H2,1H3,(H,25,28). The maximum atomic E-state index is 13.2. The van der Waals surface area contributed by atoms with Crippen LogP contribution in [0.2, 0.25) is 0 Å². The van der Waals surface area contributed by atoms with E-state index in [2.05, 4.69) is 15.5 Å². The molecule has 34 heavy (non-hydrogen) atoms. The number of ether oxygens (including phenoxy) is 2. The maximum absolute atomic E-state index is 13.2. The number of amides is 1. The van der Waals surface area contributed by atoms with Gasteiger partial charge in [-0.05, 0) is 37.1 Å². The monoisotopic (exact) mass is 484 g/mol. The van der Waals surface area contributed by atoms with E-state index >= 15 is 0 Å². The SMILES string of the molecule is Cc1nc(-c2cccc(S(=O)(=O)N3CCC(C(=O)Nc4ccc5c(c4)OCCO5)CC3)c2)no1. The number of nitrogens with zero attached hydrogens (tertiary/aromatic N) is 3. The van der Waals surface area contributed by atoms with E-state index in [9.17, 15) is 13.2 Å². The van der Waals surface area contributed by atoms with E-state index in [-0.39, 0.29) is 29.8 Å². The molecule has 3 aromatic rings. The summed E-state index contributed by atoms with van der Waals surface area (Å²) in [6.45, 7) is 3.15. The van der Waals surface area contributed by atoms with Gasteiger partial charge in [-0.15, -0.1) is 0 Å². The van der Waals surface area contributed by atoms with Crippen molar-refractivity contribution in [1.29, 1.82) is 0 Å². The van der Waals surface area contributed by atoms with E-state index in [1.54, 1.807) is 49.4 Å². The van der Waals surface area contributed by atoms with Crippen molar-refractivity contribution in [1.82, 2.24) is 14.4 Å². The Balaban J connectivity index is 1.23. The first-order valence-corrected chi connectivity index (χ1v) is 12.5. The van der Waals surface area contributed by atoms with Gasteiger partial charge in [-0.25, -0.2) is 8.42 Å². The number of aryl methyl sites for hydroxylation is 1. The van der Waals surface area contributed by atoms with Crippen molar-refractivity contribution in [3.8, 4) is 22.9 Å². The number of sulfonamides is 1. The molecule has 1 amide bonds. The molecule has 3 heterocycles. The minimum absolute atomic E-state index is 0.136. The summed E-state index contributed by atoms with van der Waals surface area (Å²) >= 11 is 0. The van der Waals surface area contributed by atoms with E-state index in [0.29, 0.717) is 60.5 Å². The molecule has 11 heteroatoms. The molecule has 0 atom stereocenters. The number of piperidine rings is 1. The van der Waals surface area contributed by atoms with Crippen molar-refractivity contribution in [3.05, 3.63) is 48.4 Å². The number of carbonyl (C=O) groups is 1. The van der Waals surface area contributed by atoms with Crippen LogP contribution in [0.4, 0.5) is 5.69 Å². The highest BCUT2D eigenvalue weighted by atomic mass is 32.2. The lowest BCUT2D eigenvalue weighted by Crippen LogP contribution is -2.41. The fourth-order valence-electron chi connectivity index (χ4n) is 4.08. The molecule has 1 saturated heterocycles. The minimum Gasteiger partial charge on any atom is -0.486 e. The van der Waals surface area contributed by atoms with Gasteiger partial charge in [0.15, 0.2) is 11.5 Å². The molecule has 1 N–H and O–H groups in total. The van der Waals surface area contributed by atoms with Gasteiger partial charge in [0.05, 0.1) is 4.90 Å². The van der Waals surface area contributed by atoms with E-state index in [4.69, 9.17) is 14.0 Å². The van der Waals surface area contributed by atoms with Crippen LogP contribution < -0.4 is 14.8 Å². The number of aromatic nitrogens is 2. The average Bonchev–Trinajstić information content (AvgIpc) is 3.30. The molecule has 0 spiro atoms. The third kappa shape index (κ3) is 4.48. The topological polar surface area (TPSA) is 124 Å². The van der Waals surface area contributed by atoms with Gasteiger partial charge >= 0.3 is 0 Å². The van der Waals surface area contributed by atoms with Crippen LogP contribution in [0.3, 0.4) is 0 Å². The van der Waals surface area contributed by atoms with Crippen LogP contribution >= 0.6 is 0 Å². The average molecular weight is 485 g/mol. The summed E-state index contributed by atoms with van der Waals surface area (Å²) < 4.78 is 43.9. The van der Waals surface area contributed by atoms with Crippen molar-refractivity contribution in [2.24, 2.45) is 5.92 Å². The van der Waals surface area contributed by atoms with E-state index < -0.39 is 10.0 Å². The number of benzene rings is 2. The van der Waals surface area contributed by atoms with E-state index in [0.717, 1.165) is 0 Å². The Morgan fingerprint density at radius 2 is 1.82 bits per heavy atom. The first-order valence-electron chi connectivity index (χ1n) is 11.0. The molecule has 0 radical (unpaired) electrons. The molecule has 2 aliphatic rings. The molecule has 5 rings (SSSR count). The first-order chi connectivity index (χ1) is 16.4. The van der Waals surface area contributed by atoms with Gasteiger partial charge in [0, 0.05) is 43.2 Å². The third-order valence-electron chi connectivity index (χ3n) is 5.89. The number of rotatable bonds is 5. The second kappa shape index (κ2) is 9.07. The van der Waals surface area contributed by atoms with Crippen molar-refractivity contribution >= 4 is 21.6 Å². The largest absolute Gasteiger partial charge is 0.486 e. The summed E-state index contributed by atoms with van der Waals surface area (Å²) in [5.74, 6) is 1.57.